The second-order valence-electron chi connectivity index (χ2n) is 6.76. The summed E-state index contributed by atoms with van der Waals surface area (Å²) in [5, 5.41) is 0. The molecule has 4 heteroatoms. The van der Waals surface area contributed by atoms with E-state index in [1.807, 2.05) is 17.0 Å². The van der Waals surface area contributed by atoms with Gasteiger partial charge < -0.3 is 10.6 Å². The van der Waals surface area contributed by atoms with Crippen molar-refractivity contribution >= 4 is 11.7 Å². The highest BCUT2D eigenvalue weighted by Crippen LogP contribution is 2.34. The van der Waals surface area contributed by atoms with Crippen LogP contribution in [0.5, 0.6) is 0 Å². The van der Waals surface area contributed by atoms with Crippen molar-refractivity contribution in [2.45, 2.75) is 46.6 Å². The first kappa shape index (κ1) is 14.8. The van der Waals surface area contributed by atoms with Crippen molar-refractivity contribution in [3.8, 4) is 0 Å². The van der Waals surface area contributed by atoms with Crippen LogP contribution in [0.1, 0.15) is 45.7 Å². The van der Waals surface area contributed by atoms with Gasteiger partial charge in [-0.1, -0.05) is 26.8 Å². The number of aromatic nitrogens is 1. The molecule has 4 nitrogen and oxygen atoms in total. The number of amides is 1. The van der Waals surface area contributed by atoms with Crippen LogP contribution in [0.4, 0.5) is 5.82 Å². The molecule has 0 bridgehead atoms. The van der Waals surface area contributed by atoms with Crippen LogP contribution in [0.25, 0.3) is 0 Å². The first-order chi connectivity index (χ1) is 9.36. The van der Waals surface area contributed by atoms with Gasteiger partial charge in [-0.15, -0.1) is 0 Å². The Kier molecular flexibility index (Phi) is 4.31. The molecule has 0 saturated carbocycles. The number of likely N-dealkylation sites (tertiary alicyclic amines) is 1. The summed E-state index contributed by atoms with van der Waals surface area (Å²) in [7, 11) is 0. The van der Waals surface area contributed by atoms with Crippen LogP contribution >= 0.6 is 0 Å². The van der Waals surface area contributed by atoms with Gasteiger partial charge in [0.1, 0.15) is 5.82 Å². The second kappa shape index (κ2) is 5.81. The van der Waals surface area contributed by atoms with Crippen LogP contribution in [0.3, 0.4) is 0 Å². The lowest BCUT2D eigenvalue weighted by molar-refractivity contribution is -0.131. The van der Waals surface area contributed by atoms with Crippen molar-refractivity contribution in [1.82, 2.24) is 9.88 Å². The van der Waals surface area contributed by atoms with Gasteiger partial charge in [-0.05, 0) is 36.3 Å². The lowest BCUT2D eigenvalue weighted by Crippen LogP contribution is -2.30. The molecule has 1 aliphatic heterocycles. The van der Waals surface area contributed by atoms with Crippen LogP contribution in [0.15, 0.2) is 18.2 Å². The molecule has 0 spiro atoms. The third-order valence-corrected chi connectivity index (χ3v) is 4.21. The van der Waals surface area contributed by atoms with Gasteiger partial charge >= 0.3 is 0 Å². The fourth-order valence-electron chi connectivity index (χ4n) is 2.85. The standard InChI is InChI=1S/C16H25N3O/c1-16(2,3)12-7-8-15(20)19(10-9-12)11-13-5-4-6-14(17)18-13/h4-6,12H,7-11H2,1-3H3,(H2,17,18). The molecule has 2 rings (SSSR count). The van der Waals surface area contributed by atoms with E-state index in [0.29, 0.717) is 24.7 Å². The summed E-state index contributed by atoms with van der Waals surface area (Å²) in [6.07, 6.45) is 2.70. The molecule has 1 aromatic rings. The van der Waals surface area contributed by atoms with Gasteiger partial charge in [0.15, 0.2) is 0 Å². The molecule has 0 aromatic carbocycles. The van der Waals surface area contributed by atoms with Crippen molar-refractivity contribution in [3.63, 3.8) is 0 Å². The van der Waals surface area contributed by atoms with Gasteiger partial charge in [0.25, 0.3) is 0 Å². The maximum Gasteiger partial charge on any atom is 0.222 e. The highest BCUT2D eigenvalue weighted by molar-refractivity contribution is 5.76. The fourth-order valence-corrected chi connectivity index (χ4v) is 2.85. The Morgan fingerprint density at radius 1 is 1.35 bits per heavy atom. The molecule has 1 aromatic heterocycles. The largest absolute Gasteiger partial charge is 0.384 e. The summed E-state index contributed by atoms with van der Waals surface area (Å²) in [4.78, 5) is 18.5. The van der Waals surface area contributed by atoms with E-state index in [0.717, 1.165) is 25.1 Å². The Bertz CT molecular complexity index is 479. The number of carbonyl (C=O) groups is 1. The Morgan fingerprint density at radius 3 is 2.75 bits per heavy atom. The number of hydrogen-bond acceptors (Lipinski definition) is 3. The van der Waals surface area contributed by atoms with E-state index in [1.54, 1.807) is 6.07 Å². The molecule has 0 aliphatic carbocycles. The van der Waals surface area contributed by atoms with Crippen molar-refractivity contribution < 1.29 is 4.79 Å². The molecular formula is C16H25N3O. The van der Waals surface area contributed by atoms with E-state index in [4.69, 9.17) is 5.73 Å². The Morgan fingerprint density at radius 2 is 2.10 bits per heavy atom. The van der Waals surface area contributed by atoms with Crippen LogP contribution in [-0.2, 0) is 11.3 Å². The minimum Gasteiger partial charge on any atom is -0.384 e. The van der Waals surface area contributed by atoms with Gasteiger partial charge in [0, 0.05) is 13.0 Å². The maximum absolute atomic E-state index is 12.2. The van der Waals surface area contributed by atoms with E-state index < -0.39 is 0 Å². The first-order valence-corrected chi connectivity index (χ1v) is 7.35. The third kappa shape index (κ3) is 3.71. The average Bonchev–Trinajstić information content (AvgIpc) is 2.52. The van der Waals surface area contributed by atoms with E-state index >= 15 is 0 Å². The number of anilines is 1. The van der Waals surface area contributed by atoms with Gasteiger partial charge in [0.05, 0.1) is 12.2 Å². The number of rotatable bonds is 2. The molecule has 1 aliphatic rings. The lowest BCUT2D eigenvalue weighted by Gasteiger charge is -2.29. The van der Waals surface area contributed by atoms with Gasteiger partial charge in [-0.3, -0.25) is 4.79 Å². The zero-order chi connectivity index (χ0) is 14.8. The number of nitrogen functional groups attached to an aromatic ring is 1. The minimum absolute atomic E-state index is 0.237. The highest BCUT2D eigenvalue weighted by atomic mass is 16.2. The fraction of sp³-hybridized carbons (Fsp3) is 0.625. The van der Waals surface area contributed by atoms with Crippen molar-refractivity contribution in [2.75, 3.05) is 12.3 Å². The molecule has 1 saturated heterocycles. The summed E-state index contributed by atoms with van der Waals surface area (Å²) in [5.41, 5.74) is 6.83. The molecule has 110 valence electrons. The van der Waals surface area contributed by atoms with Crippen LogP contribution in [-0.4, -0.2) is 22.3 Å². The van der Waals surface area contributed by atoms with E-state index in [9.17, 15) is 4.79 Å². The van der Waals surface area contributed by atoms with Crippen molar-refractivity contribution in [1.29, 1.82) is 0 Å². The molecule has 0 radical (unpaired) electrons. The van der Waals surface area contributed by atoms with Crippen molar-refractivity contribution in [3.05, 3.63) is 23.9 Å². The molecule has 2 N–H and O–H groups in total. The normalized spacial score (nSPS) is 20.9. The molecule has 1 amide bonds. The number of nitrogens with two attached hydrogens (primary N) is 1. The van der Waals surface area contributed by atoms with Crippen molar-refractivity contribution in [2.24, 2.45) is 11.3 Å². The second-order valence-corrected chi connectivity index (χ2v) is 6.76. The Labute approximate surface area is 121 Å². The molecular weight excluding hydrogens is 250 g/mol. The maximum atomic E-state index is 12.2. The quantitative estimate of drug-likeness (QED) is 0.903. The monoisotopic (exact) mass is 275 g/mol. The number of carbonyl (C=O) groups excluding carboxylic acids is 1. The number of hydrogen-bond donors (Lipinski definition) is 1. The lowest BCUT2D eigenvalue weighted by atomic mass is 9.77. The zero-order valence-corrected chi connectivity index (χ0v) is 12.7. The van der Waals surface area contributed by atoms with E-state index in [2.05, 4.69) is 25.8 Å². The summed E-state index contributed by atoms with van der Waals surface area (Å²) in [6, 6.07) is 5.58. The summed E-state index contributed by atoms with van der Waals surface area (Å²) < 4.78 is 0. The summed E-state index contributed by atoms with van der Waals surface area (Å²) in [6.45, 7) is 8.17. The number of nitrogens with zero attached hydrogens (tertiary/aromatic N) is 2. The topological polar surface area (TPSA) is 59.2 Å². The predicted molar refractivity (Wildman–Crippen MR) is 80.9 cm³/mol. The van der Waals surface area contributed by atoms with Gasteiger partial charge in [-0.25, -0.2) is 4.98 Å². The molecule has 1 atom stereocenters. The van der Waals surface area contributed by atoms with E-state index in [1.165, 1.54) is 0 Å². The summed E-state index contributed by atoms with van der Waals surface area (Å²) in [5.74, 6) is 1.35. The smallest absolute Gasteiger partial charge is 0.222 e. The predicted octanol–water partition coefficient (Wildman–Crippen LogP) is 2.84. The van der Waals surface area contributed by atoms with Crippen LogP contribution in [0.2, 0.25) is 0 Å². The Balaban J connectivity index is 2.04. The Hall–Kier alpha value is -1.58. The molecule has 20 heavy (non-hydrogen) atoms. The van der Waals surface area contributed by atoms with Crippen LogP contribution < -0.4 is 5.73 Å². The molecule has 2 heterocycles. The minimum atomic E-state index is 0.237. The number of pyridine rings is 1. The third-order valence-electron chi connectivity index (χ3n) is 4.21. The zero-order valence-electron chi connectivity index (χ0n) is 12.7. The van der Waals surface area contributed by atoms with Gasteiger partial charge in [0.2, 0.25) is 5.91 Å². The SMILES string of the molecule is CC(C)(C)C1CCC(=O)N(Cc2cccc(N)n2)CC1. The average molecular weight is 275 g/mol. The molecule has 1 fully saturated rings. The van der Waals surface area contributed by atoms with Crippen LogP contribution in [0, 0.1) is 11.3 Å². The molecule has 1 unspecified atom stereocenters. The first-order valence-electron chi connectivity index (χ1n) is 7.35. The summed E-state index contributed by atoms with van der Waals surface area (Å²) >= 11 is 0. The highest BCUT2D eigenvalue weighted by Gasteiger charge is 2.29. The van der Waals surface area contributed by atoms with E-state index in [-0.39, 0.29) is 11.3 Å². The van der Waals surface area contributed by atoms with Gasteiger partial charge in [-0.2, -0.15) is 0 Å².